The van der Waals surface area contributed by atoms with E-state index in [0.717, 1.165) is 22.4 Å². The number of esters is 2. The van der Waals surface area contributed by atoms with Gasteiger partial charge >= 0.3 is 11.9 Å². The van der Waals surface area contributed by atoms with E-state index >= 15 is 0 Å². The van der Waals surface area contributed by atoms with E-state index < -0.39 is 41.7 Å². The van der Waals surface area contributed by atoms with Gasteiger partial charge in [0.2, 0.25) is 5.60 Å². The van der Waals surface area contributed by atoms with Gasteiger partial charge < -0.3 is 33.8 Å². The summed E-state index contributed by atoms with van der Waals surface area (Å²) in [7, 11) is 5.59. The van der Waals surface area contributed by atoms with Crippen molar-refractivity contribution >= 4 is 29.4 Å². The number of para-hydroxylation sites is 1. The minimum Gasteiger partial charge on any atom is -0.848 e. The van der Waals surface area contributed by atoms with Crippen LogP contribution >= 0.6 is 0 Å². The summed E-state index contributed by atoms with van der Waals surface area (Å²) in [5.41, 5.74) is 2.10. The summed E-state index contributed by atoms with van der Waals surface area (Å²) in [5, 5.41) is 20.4. The second kappa shape index (κ2) is 10.9. The number of oxime groups is 1. The predicted octanol–water partition coefficient (Wildman–Crippen LogP) is 2.61. The van der Waals surface area contributed by atoms with Crippen LogP contribution in [0.1, 0.15) is 69.0 Å². The molecule has 5 rings (SSSR count). The monoisotopic (exact) mass is 592 g/mol. The standard InChI is InChI=1S/C32H40N4O7/c1-8-32(42-27(38)13-19(37)17-36(5,6)7)24-14-26-28-22(16-35(26)29(39)23(24)18-41-30(32)40)21(15-33-43-31(2,3)4)20-11-9-10-12-25(20)34-28/h9-12,14-15,19,28,34H,8,13,16-18H2,1-7H3/b33-15+/t19?,28?,32-/m0/s1. The van der Waals surface area contributed by atoms with E-state index in [4.69, 9.17) is 14.3 Å². The van der Waals surface area contributed by atoms with Crippen molar-refractivity contribution in [3.05, 3.63) is 68.6 Å². The fourth-order valence-electron chi connectivity index (χ4n) is 5.98. The summed E-state index contributed by atoms with van der Waals surface area (Å²) < 4.78 is 13.3. The Labute approximate surface area is 251 Å². The number of benzene rings is 1. The van der Waals surface area contributed by atoms with Crippen LogP contribution in [0.4, 0.5) is 5.69 Å². The highest BCUT2D eigenvalue weighted by Crippen LogP contribution is 2.46. The van der Waals surface area contributed by atoms with Crippen LogP contribution in [-0.4, -0.2) is 66.6 Å². The second-order valence-corrected chi connectivity index (χ2v) is 13.4. The molecule has 0 fully saturated rings. The van der Waals surface area contributed by atoms with Gasteiger partial charge in [0.1, 0.15) is 12.2 Å². The van der Waals surface area contributed by atoms with Gasteiger partial charge in [-0.25, -0.2) is 4.79 Å². The van der Waals surface area contributed by atoms with Crippen molar-refractivity contribution in [1.82, 2.24) is 4.57 Å². The average Bonchev–Trinajstić information content (AvgIpc) is 3.27. The lowest BCUT2D eigenvalue weighted by molar-refractivity contribution is -0.880. The zero-order valence-electron chi connectivity index (χ0n) is 25.9. The molecular weight excluding hydrogens is 552 g/mol. The number of rotatable bonds is 8. The van der Waals surface area contributed by atoms with Crippen LogP contribution < -0.4 is 16.0 Å². The highest BCUT2D eigenvalue weighted by atomic mass is 16.6. The molecule has 230 valence electrons. The fourth-order valence-corrected chi connectivity index (χ4v) is 5.98. The van der Waals surface area contributed by atoms with Crippen LogP contribution in [0.2, 0.25) is 0 Å². The van der Waals surface area contributed by atoms with Crippen molar-refractivity contribution < 1.29 is 33.5 Å². The number of carbonyl (C=O) groups is 2. The summed E-state index contributed by atoms with van der Waals surface area (Å²) in [5.74, 6) is -1.56. The molecule has 3 atom stereocenters. The molecule has 0 amide bonds. The Bertz CT molecular complexity index is 1580. The summed E-state index contributed by atoms with van der Waals surface area (Å²) in [6.45, 7) is 7.69. The van der Waals surface area contributed by atoms with Crippen LogP contribution in [-0.2, 0) is 42.7 Å². The van der Waals surface area contributed by atoms with Gasteiger partial charge in [0, 0.05) is 34.5 Å². The van der Waals surface area contributed by atoms with Gasteiger partial charge in [0.15, 0.2) is 0 Å². The molecule has 0 bridgehead atoms. The highest BCUT2D eigenvalue weighted by molar-refractivity contribution is 6.14. The lowest BCUT2D eigenvalue weighted by Gasteiger charge is -2.37. The smallest absolute Gasteiger partial charge is 0.355 e. The molecular formula is C32H40N4O7. The first kappa shape index (κ1) is 30.5. The molecule has 1 aromatic carbocycles. The molecule has 2 aromatic rings. The summed E-state index contributed by atoms with van der Waals surface area (Å²) >= 11 is 0. The Kier molecular flexibility index (Phi) is 7.77. The number of carbonyl (C=O) groups excluding carboxylic acids is 2. The van der Waals surface area contributed by atoms with Gasteiger partial charge in [-0.1, -0.05) is 36.4 Å². The topological polar surface area (TPSA) is 131 Å². The Morgan fingerprint density at radius 2 is 2.00 bits per heavy atom. The van der Waals surface area contributed by atoms with Gasteiger partial charge in [0.05, 0.1) is 52.1 Å². The molecule has 43 heavy (non-hydrogen) atoms. The lowest BCUT2D eigenvalue weighted by Crippen LogP contribution is -2.50. The van der Waals surface area contributed by atoms with Crippen LogP contribution in [0.5, 0.6) is 0 Å². The summed E-state index contributed by atoms with van der Waals surface area (Å²) in [6.07, 6.45) is 0.104. The summed E-state index contributed by atoms with van der Waals surface area (Å²) in [4.78, 5) is 46.0. The Balaban J connectivity index is 1.57. The number of ether oxygens (including phenoxy) is 2. The van der Waals surface area contributed by atoms with Gasteiger partial charge in [-0.3, -0.25) is 9.59 Å². The van der Waals surface area contributed by atoms with E-state index in [-0.39, 0.29) is 30.7 Å². The number of cyclic esters (lactones) is 1. The number of likely N-dealkylation sites (N-methyl/N-ethyl adjacent to an activating group) is 1. The molecule has 0 radical (unpaired) electrons. The molecule has 3 aliphatic rings. The number of nitrogens with zero attached hydrogens (tertiary/aromatic N) is 3. The highest BCUT2D eigenvalue weighted by Gasteiger charge is 2.51. The van der Waals surface area contributed by atoms with E-state index in [2.05, 4.69) is 10.5 Å². The maximum atomic E-state index is 14.0. The van der Waals surface area contributed by atoms with E-state index in [1.54, 1.807) is 23.8 Å². The zero-order valence-corrected chi connectivity index (χ0v) is 25.9. The van der Waals surface area contributed by atoms with Gasteiger partial charge in [0.25, 0.3) is 5.56 Å². The summed E-state index contributed by atoms with van der Waals surface area (Å²) in [6, 6.07) is 9.17. The van der Waals surface area contributed by atoms with Gasteiger partial charge in [-0.05, 0) is 44.9 Å². The number of hydrogen-bond acceptors (Lipinski definition) is 9. The molecule has 11 nitrogen and oxygen atoms in total. The molecule has 0 spiro atoms. The van der Waals surface area contributed by atoms with Gasteiger partial charge in [-0.15, -0.1) is 0 Å². The Hall–Kier alpha value is -3.96. The van der Waals surface area contributed by atoms with Crippen LogP contribution in [0.25, 0.3) is 5.57 Å². The number of allylic oxidation sites excluding steroid dienone is 1. The van der Waals surface area contributed by atoms with E-state index in [1.165, 1.54) is 0 Å². The van der Waals surface area contributed by atoms with Crippen LogP contribution in [0.15, 0.2) is 45.9 Å². The fraction of sp³-hybridized carbons (Fsp3) is 0.500. The minimum absolute atomic E-state index is 0.0397. The molecule has 11 heteroatoms. The number of pyridine rings is 1. The van der Waals surface area contributed by atoms with Crippen molar-refractivity contribution in [2.45, 2.75) is 77.0 Å². The molecule has 1 aromatic heterocycles. The molecule has 0 saturated heterocycles. The minimum atomic E-state index is -1.83. The molecule has 2 unspecified atom stereocenters. The van der Waals surface area contributed by atoms with E-state index in [1.807, 2.05) is 66.2 Å². The quantitative estimate of drug-likeness (QED) is 0.214. The third-order valence-corrected chi connectivity index (χ3v) is 7.82. The van der Waals surface area contributed by atoms with E-state index in [9.17, 15) is 19.5 Å². The molecule has 1 N–H and O–H groups in total. The van der Waals surface area contributed by atoms with Crippen LogP contribution in [0.3, 0.4) is 0 Å². The van der Waals surface area contributed by atoms with Crippen molar-refractivity contribution in [1.29, 1.82) is 0 Å². The predicted molar refractivity (Wildman–Crippen MR) is 159 cm³/mol. The maximum absolute atomic E-state index is 14.0. The molecule has 4 heterocycles. The van der Waals surface area contributed by atoms with Crippen molar-refractivity contribution in [3.8, 4) is 0 Å². The largest absolute Gasteiger partial charge is 0.848 e. The number of hydrogen-bond donors (Lipinski definition) is 1. The lowest BCUT2D eigenvalue weighted by atomic mass is 9.84. The van der Waals surface area contributed by atoms with Gasteiger partial charge in [-0.2, -0.15) is 0 Å². The first-order valence-electron chi connectivity index (χ1n) is 14.6. The molecule has 3 aliphatic heterocycles. The number of quaternary nitrogens is 1. The normalized spacial score (nSPS) is 21.8. The Morgan fingerprint density at radius 3 is 2.67 bits per heavy atom. The number of aromatic nitrogens is 1. The first-order valence-corrected chi connectivity index (χ1v) is 14.6. The molecule has 0 saturated carbocycles. The van der Waals surface area contributed by atoms with E-state index in [0.29, 0.717) is 22.3 Å². The first-order chi connectivity index (χ1) is 20.1. The van der Waals surface area contributed by atoms with Crippen LogP contribution in [0, 0.1) is 0 Å². The Morgan fingerprint density at radius 1 is 1.28 bits per heavy atom. The SMILES string of the molecule is CC[C@@]1(OC(=O)CC([O-])C[N+](C)(C)C)C(=O)OCc2c1cc1n(c2=O)CC2=C(/C=N/OC(C)(C)C)c3ccccc3NC21. The van der Waals surface area contributed by atoms with Crippen molar-refractivity contribution in [3.63, 3.8) is 0 Å². The number of anilines is 1. The average molecular weight is 593 g/mol. The number of nitrogens with one attached hydrogen (secondary N) is 1. The maximum Gasteiger partial charge on any atom is 0.355 e. The third kappa shape index (κ3) is 5.83. The van der Waals surface area contributed by atoms with Crippen molar-refractivity contribution in [2.24, 2.45) is 5.16 Å². The zero-order chi connectivity index (χ0) is 31.3. The molecule has 0 aliphatic carbocycles. The number of fused-ring (bicyclic) bond motifs is 5. The third-order valence-electron chi connectivity index (χ3n) is 7.82. The second-order valence-electron chi connectivity index (χ2n) is 13.4. The van der Waals surface area contributed by atoms with Crippen molar-refractivity contribution in [2.75, 3.05) is 33.0 Å².